The molecule has 0 fully saturated rings. The fourth-order valence-electron chi connectivity index (χ4n) is 2.14. The fourth-order valence-corrected chi connectivity index (χ4v) is 2.14. The van der Waals surface area contributed by atoms with E-state index in [1.165, 1.54) is 11.1 Å². The van der Waals surface area contributed by atoms with E-state index < -0.39 is 0 Å². The molecule has 0 spiro atoms. The van der Waals surface area contributed by atoms with Gasteiger partial charge in [-0.15, -0.1) is 0 Å². The summed E-state index contributed by atoms with van der Waals surface area (Å²) in [5, 5.41) is 6.59. The predicted molar refractivity (Wildman–Crippen MR) is 97.3 cm³/mol. The minimum absolute atomic E-state index is 0.606. The molecule has 1 aromatic rings. The molecule has 0 amide bonds. The predicted octanol–water partition coefficient (Wildman–Crippen LogP) is 1.94. The lowest BCUT2D eigenvalue weighted by atomic mass is 10.1. The molecule has 0 saturated heterocycles. The van der Waals surface area contributed by atoms with Gasteiger partial charge in [0.1, 0.15) is 0 Å². The van der Waals surface area contributed by atoms with Gasteiger partial charge in [-0.1, -0.05) is 24.3 Å². The van der Waals surface area contributed by atoms with Crippen molar-refractivity contribution in [3.63, 3.8) is 0 Å². The number of nitrogens with one attached hydrogen (secondary N) is 2. The van der Waals surface area contributed by atoms with E-state index >= 15 is 0 Å². The standard InChI is InChI=1S/C18H31N3O3/c1-4-19-18(20-10-7-11-24-13-12-22-2)21-14-16-8-5-6-9-17(16)15-23-3/h5-6,8-9H,4,7,10-15H2,1-3H3,(H2,19,20,21). The Labute approximate surface area is 145 Å². The van der Waals surface area contributed by atoms with E-state index in [4.69, 9.17) is 14.2 Å². The first kappa shape index (κ1) is 20.4. The fraction of sp³-hybridized carbons (Fsp3) is 0.611. The molecule has 0 atom stereocenters. The molecule has 6 heteroatoms. The van der Waals surface area contributed by atoms with Crippen LogP contribution >= 0.6 is 0 Å². The van der Waals surface area contributed by atoms with Gasteiger partial charge < -0.3 is 24.8 Å². The van der Waals surface area contributed by atoms with Crippen molar-refractivity contribution in [1.29, 1.82) is 0 Å². The van der Waals surface area contributed by atoms with E-state index in [-0.39, 0.29) is 0 Å². The maximum atomic E-state index is 5.45. The zero-order chi connectivity index (χ0) is 17.5. The van der Waals surface area contributed by atoms with Crippen LogP contribution in [0.25, 0.3) is 0 Å². The third-order valence-electron chi connectivity index (χ3n) is 3.36. The molecule has 0 saturated carbocycles. The molecule has 0 aliphatic heterocycles. The summed E-state index contributed by atoms with van der Waals surface area (Å²) in [6.45, 7) is 6.93. The van der Waals surface area contributed by atoms with Gasteiger partial charge >= 0.3 is 0 Å². The van der Waals surface area contributed by atoms with Crippen LogP contribution in [0.15, 0.2) is 29.3 Å². The molecular formula is C18H31N3O3. The molecular weight excluding hydrogens is 306 g/mol. The molecule has 1 rings (SSSR count). The minimum Gasteiger partial charge on any atom is -0.382 e. The monoisotopic (exact) mass is 337 g/mol. The Kier molecular flexibility index (Phi) is 11.7. The zero-order valence-electron chi connectivity index (χ0n) is 15.1. The number of methoxy groups -OCH3 is 2. The first-order chi connectivity index (χ1) is 11.8. The Morgan fingerprint density at radius 2 is 1.79 bits per heavy atom. The summed E-state index contributed by atoms with van der Waals surface area (Å²) in [5.74, 6) is 0.821. The van der Waals surface area contributed by atoms with Gasteiger partial charge in [0, 0.05) is 33.9 Å². The molecule has 0 aromatic heterocycles. The highest BCUT2D eigenvalue weighted by molar-refractivity contribution is 5.79. The van der Waals surface area contributed by atoms with Gasteiger partial charge in [-0.25, -0.2) is 4.99 Å². The first-order valence-electron chi connectivity index (χ1n) is 8.46. The Morgan fingerprint density at radius 1 is 1.00 bits per heavy atom. The average molecular weight is 337 g/mol. The van der Waals surface area contributed by atoms with Gasteiger partial charge in [-0.05, 0) is 24.5 Å². The van der Waals surface area contributed by atoms with Crippen molar-refractivity contribution >= 4 is 5.96 Å². The second kappa shape index (κ2) is 13.8. The van der Waals surface area contributed by atoms with Crippen LogP contribution in [0, 0.1) is 0 Å². The third-order valence-corrected chi connectivity index (χ3v) is 3.36. The Hall–Kier alpha value is -1.63. The van der Waals surface area contributed by atoms with E-state index in [1.54, 1.807) is 14.2 Å². The molecule has 1 aromatic carbocycles. The summed E-state index contributed by atoms with van der Waals surface area (Å²) in [4.78, 5) is 4.65. The number of guanidine groups is 1. The van der Waals surface area contributed by atoms with Gasteiger partial charge in [-0.3, -0.25) is 0 Å². The van der Waals surface area contributed by atoms with E-state index in [0.29, 0.717) is 33.0 Å². The van der Waals surface area contributed by atoms with Crippen LogP contribution in [0.2, 0.25) is 0 Å². The van der Waals surface area contributed by atoms with Gasteiger partial charge in [0.15, 0.2) is 5.96 Å². The lowest BCUT2D eigenvalue weighted by Gasteiger charge is -2.12. The van der Waals surface area contributed by atoms with Crippen LogP contribution in [0.3, 0.4) is 0 Å². The van der Waals surface area contributed by atoms with Crippen molar-refractivity contribution in [2.24, 2.45) is 4.99 Å². The van der Waals surface area contributed by atoms with Crippen molar-refractivity contribution in [3.05, 3.63) is 35.4 Å². The second-order valence-electron chi connectivity index (χ2n) is 5.28. The minimum atomic E-state index is 0.606. The summed E-state index contributed by atoms with van der Waals surface area (Å²) in [6, 6.07) is 8.22. The molecule has 0 heterocycles. The van der Waals surface area contributed by atoms with E-state index in [1.807, 2.05) is 12.1 Å². The number of benzene rings is 1. The summed E-state index contributed by atoms with van der Waals surface area (Å²) < 4.78 is 15.6. The third kappa shape index (κ3) is 8.86. The van der Waals surface area contributed by atoms with Gasteiger partial charge in [0.05, 0.1) is 26.4 Å². The average Bonchev–Trinajstić information content (AvgIpc) is 2.60. The Bertz CT molecular complexity index is 467. The molecule has 0 radical (unpaired) electrons. The Morgan fingerprint density at radius 3 is 2.50 bits per heavy atom. The lowest BCUT2D eigenvalue weighted by Crippen LogP contribution is -2.38. The number of hydrogen-bond donors (Lipinski definition) is 2. The molecule has 6 nitrogen and oxygen atoms in total. The van der Waals surface area contributed by atoms with E-state index in [9.17, 15) is 0 Å². The SMILES string of the molecule is CCNC(=NCc1ccccc1COC)NCCCOCCOC. The van der Waals surface area contributed by atoms with Crippen LogP contribution < -0.4 is 10.6 Å². The molecule has 136 valence electrons. The number of aliphatic imine (C=N–C) groups is 1. The largest absolute Gasteiger partial charge is 0.382 e. The summed E-state index contributed by atoms with van der Waals surface area (Å²) in [6.07, 6.45) is 0.925. The molecule has 24 heavy (non-hydrogen) atoms. The van der Waals surface area contributed by atoms with E-state index in [2.05, 4.69) is 34.7 Å². The molecule has 0 unspecified atom stereocenters. The number of nitrogens with zero attached hydrogens (tertiary/aromatic N) is 1. The topological polar surface area (TPSA) is 64.1 Å². The highest BCUT2D eigenvalue weighted by atomic mass is 16.5. The normalized spacial score (nSPS) is 11.5. The first-order valence-corrected chi connectivity index (χ1v) is 8.46. The van der Waals surface area contributed by atoms with Crippen molar-refractivity contribution < 1.29 is 14.2 Å². The second-order valence-corrected chi connectivity index (χ2v) is 5.28. The molecule has 2 N–H and O–H groups in total. The van der Waals surface area contributed by atoms with Crippen molar-refractivity contribution in [2.75, 3.05) is 47.1 Å². The van der Waals surface area contributed by atoms with Gasteiger partial charge in [0.25, 0.3) is 0 Å². The highest BCUT2D eigenvalue weighted by Crippen LogP contribution is 2.11. The number of hydrogen-bond acceptors (Lipinski definition) is 4. The van der Waals surface area contributed by atoms with Crippen LogP contribution in [-0.2, 0) is 27.4 Å². The Balaban J connectivity index is 2.42. The van der Waals surface area contributed by atoms with Gasteiger partial charge in [0.2, 0.25) is 0 Å². The van der Waals surface area contributed by atoms with Crippen molar-refractivity contribution in [2.45, 2.75) is 26.5 Å². The highest BCUT2D eigenvalue weighted by Gasteiger charge is 2.02. The maximum Gasteiger partial charge on any atom is 0.191 e. The van der Waals surface area contributed by atoms with Crippen LogP contribution in [0.5, 0.6) is 0 Å². The lowest BCUT2D eigenvalue weighted by molar-refractivity contribution is 0.0698. The van der Waals surface area contributed by atoms with Gasteiger partial charge in [-0.2, -0.15) is 0 Å². The summed E-state index contributed by atoms with van der Waals surface area (Å²) in [7, 11) is 3.38. The smallest absolute Gasteiger partial charge is 0.191 e. The van der Waals surface area contributed by atoms with Crippen LogP contribution in [0.4, 0.5) is 0 Å². The molecule has 0 aliphatic carbocycles. The summed E-state index contributed by atoms with van der Waals surface area (Å²) in [5.41, 5.74) is 2.35. The molecule has 0 bridgehead atoms. The van der Waals surface area contributed by atoms with Crippen molar-refractivity contribution in [1.82, 2.24) is 10.6 Å². The van der Waals surface area contributed by atoms with Crippen LogP contribution in [-0.4, -0.2) is 53.1 Å². The quantitative estimate of drug-likeness (QED) is 0.347. The van der Waals surface area contributed by atoms with E-state index in [0.717, 1.165) is 25.5 Å². The maximum absolute atomic E-state index is 5.45. The summed E-state index contributed by atoms with van der Waals surface area (Å²) >= 11 is 0. The van der Waals surface area contributed by atoms with Crippen molar-refractivity contribution in [3.8, 4) is 0 Å². The zero-order valence-corrected chi connectivity index (χ0v) is 15.1. The van der Waals surface area contributed by atoms with Crippen LogP contribution in [0.1, 0.15) is 24.5 Å². The number of ether oxygens (including phenoxy) is 3. The number of rotatable bonds is 12. The molecule has 0 aliphatic rings.